The maximum Gasteiger partial charge on any atom is 0.125 e. The highest BCUT2D eigenvalue weighted by atomic mass is 35.5. The molecule has 0 amide bonds. The molecule has 6 rings (SSSR count). The summed E-state index contributed by atoms with van der Waals surface area (Å²) >= 11 is 10.6. The summed E-state index contributed by atoms with van der Waals surface area (Å²) < 4.78 is -0.556. The average Bonchev–Trinajstić information content (AvgIpc) is 3.57. The Morgan fingerprint density at radius 1 is 0.750 bits per heavy atom. The van der Waals surface area contributed by atoms with Crippen molar-refractivity contribution in [2.24, 2.45) is 29.6 Å². The van der Waals surface area contributed by atoms with Gasteiger partial charge in [-0.15, -0.1) is 29.8 Å². The highest BCUT2D eigenvalue weighted by molar-refractivity contribution is 7.04. The summed E-state index contributed by atoms with van der Waals surface area (Å²) in [7, 11) is -2.18. The van der Waals surface area contributed by atoms with Crippen LogP contribution in [0.15, 0.2) is 122 Å². The van der Waals surface area contributed by atoms with Crippen molar-refractivity contribution in [3.63, 3.8) is 0 Å². The van der Waals surface area contributed by atoms with Crippen molar-refractivity contribution in [2.75, 3.05) is 0 Å². The summed E-state index contributed by atoms with van der Waals surface area (Å²) in [6.07, 6.45) is 28.3. The first-order chi connectivity index (χ1) is 19.3. The van der Waals surface area contributed by atoms with Gasteiger partial charge in [0.05, 0.1) is 0 Å². The van der Waals surface area contributed by atoms with E-state index in [9.17, 15) is 0 Å². The Kier molecular flexibility index (Phi) is 9.45. The summed E-state index contributed by atoms with van der Waals surface area (Å²) in [4.78, 5) is 0. The van der Waals surface area contributed by atoms with Crippen LogP contribution in [0, 0.1) is 29.6 Å². The van der Waals surface area contributed by atoms with Crippen LogP contribution in [0.25, 0.3) is 0 Å². The second-order valence-electron chi connectivity index (χ2n) is 12.5. The number of allylic oxidation sites excluding steroid dienone is 9. The van der Waals surface area contributed by atoms with Crippen LogP contribution >= 0.6 is 23.2 Å². The first kappa shape index (κ1) is 29.4. The van der Waals surface area contributed by atoms with Crippen LogP contribution in [-0.4, -0.2) is 12.4 Å². The van der Waals surface area contributed by atoms with Gasteiger partial charge in [0.1, 0.15) is 12.4 Å². The number of benzene rings is 2. The summed E-state index contributed by atoms with van der Waals surface area (Å²) in [5.41, 5.74) is 1.46. The minimum atomic E-state index is -2.18. The largest absolute Gasteiger partial charge is 0.125 e. The van der Waals surface area contributed by atoms with Gasteiger partial charge in [0, 0.05) is 0 Å². The summed E-state index contributed by atoms with van der Waals surface area (Å²) in [6.45, 7) is 7.46. The second-order valence-corrected chi connectivity index (χ2v) is 19.0. The van der Waals surface area contributed by atoms with E-state index in [0.29, 0.717) is 29.2 Å². The molecule has 2 saturated carbocycles. The van der Waals surface area contributed by atoms with Gasteiger partial charge >= 0.3 is 0 Å². The van der Waals surface area contributed by atoms with Crippen molar-refractivity contribution >= 4 is 41.6 Å². The Morgan fingerprint density at radius 2 is 1.20 bits per heavy atom. The first-order valence-corrected chi connectivity index (χ1v) is 18.0. The lowest BCUT2D eigenvalue weighted by Crippen LogP contribution is -2.66. The minimum Gasteiger partial charge on any atom is -0.103 e. The molecule has 6 unspecified atom stereocenters. The molecule has 4 aliphatic rings. The van der Waals surface area contributed by atoms with Crippen LogP contribution in [0.4, 0.5) is 0 Å². The molecule has 0 heterocycles. The van der Waals surface area contributed by atoms with Crippen LogP contribution in [0.1, 0.15) is 46.0 Å². The van der Waals surface area contributed by atoms with Gasteiger partial charge in [-0.3, -0.25) is 0 Å². The SMILES string of the molecule is C=CCCC1CCC([Si](c2ccccc2)(c2ccccc2)C2C3C=CC=CC3C3C=CC=CC32)C1.CC(C)(Cl)Cl. The third-order valence-electron chi connectivity index (χ3n) is 9.71. The minimum absolute atomic E-state index is 0.556. The maximum atomic E-state index is 5.30. The summed E-state index contributed by atoms with van der Waals surface area (Å²) in [6, 6.07) is 23.7. The van der Waals surface area contributed by atoms with Crippen LogP contribution in [0.3, 0.4) is 0 Å². The lowest BCUT2D eigenvalue weighted by molar-refractivity contribution is 0.461. The average molecular weight is 588 g/mol. The molecule has 2 fully saturated rings. The lowest BCUT2D eigenvalue weighted by Gasteiger charge is -2.48. The highest BCUT2D eigenvalue weighted by Crippen LogP contribution is 2.61. The third-order valence-corrected chi connectivity index (χ3v) is 15.9. The van der Waals surface area contributed by atoms with E-state index in [0.717, 1.165) is 17.9 Å². The number of rotatable bonds is 7. The fourth-order valence-corrected chi connectivity index (χ4v) is 15.7. The lowest BCUT2D eigenvalue weighted by atomic mass is 9.83. The molecule has 210 valence electrons. The maximum absolute atomic E-state index is 5.30. The molecular weight excluding hydrogens is 543 g/mol. The zero-order chi connectivity index (χ0) is 28.2. The van der Waals surface area contributed by atoms with Gasteiger partial charge in [0.15, 0.2) is 0 Å². The molecule has 0 radical (unpaired) electrons. The predicted octanol–water partition coefficient (Wildman–Crippen LogP) is 9.69. The molecule has 4 aliphatic carbocycles. The molecule has 3 heteroatoms. The van der Waals surface area contributed by atoms with Gasteiger partial charge in [-0.2, -0.15) is 0 Å². The zero-order valence-corrected chi connectivity index (χ0v) is 26.5. The molecule has 6 atom stereocenters. The van der Waals surface area contributed by atoms with Crippen LogP contribution in [0.2, 0.25) is 11.1 Å². The van der Waals surface area contributed by atoms with Gasteiger partial charge in [-0.1, -0.05) is 139 Å². The normalized spacial score (nSPS) is 30.4. The molecule has 0 N–H and O–H groups in total. The van der Waals surface area contributed by atoms with Crippen molar-refractivity contribution in [1.29, 1.82) is 0 Å². The standard InChI is InChI=1S/C34H38Si.C3H6Cl2/c1-2-3-14-26-23-24-29(25-26)35(27-15-6-4-7-16-27,28-17-8-5-9-18-28)34-32-21-12-10-19-30(32)31-20-11-13-22-33(31)34;1-3(2,4)5/h2,4-13,15-22,26,29-34H,1,3,14,23-25H2;1-2H3. The predicted molar refractivity (Wildman–Crippen MR) is 178 cm³/mol. The van der Waals surface area contributed by atoms with E-state index in [1.807, 2.05) is 0 Å². The highest BCUT2D eigenvalue weighted by Gasteiger charge is 2.61. The monoisotopic (exact) mass is 586 g/mol. The Labute approximate surface area is 253 Å². The molecule has 0 aromatic heterocycles. The molecular formula is C37H44Cl2Si. The van der Waals surface area contributed by atoms with Gasteiger partial charge < -0.3 is 0 Å². The number of alkyl halides is 2. The Hall–Kier alpha value is -2.06. The van der Waals surface area contributed by atoms with E-state index in [2.05, 4.69) is 122 Å². The molecule has 0 bridgehead atoms. The molecule has 0 aliphatic heterocycles. The van der Waals surface area contributed by atoms with Crippen molar-refractivity contribution < 1.29 is 0 Å². The van der Waals surface area contributed by atoms with Gasteiger partial charge in [0.25, 0.3) is 0 Å². The number of fused-ring (bicyclic) bond motifs is 3. The fourth-order valence-electron chi connectivity index (χ4n) is 8.46. The van der Waals surface area contributed by atoms with Crippen molar-refractivity contribution in [3.8, 4) is 0 Å². The summed E-state index contributed by atoms with van der Waals surface area (Å²) in [5, 5.41) is 3.33. The molecule has 2 aromatic rings. The first-order valence-electron chi connectivity index (χ1n) is 15.1. The van der Waals surface area contributed by atoms with E-state index >= 15 is 0 Å². The Balaban J connectivity index is 0.000000595. The smallest absolute Gasteiger partial charge is 0.103 e. The van der Waals surface area contributed by atoms with E-state index in [-0.39, 0.29) is 0 Å². The van der Waals surface area contributed by atoms with Crippen LogP contribution < -0.4 is 10.4 Å². The van der Waals surface area contributed by atoms with Crippen LogP contribution in [-0.2, 0) is 0 Å². The molecule has 0 nitrogen and oxygen atoms in total. The molecule has 40 heavy (non-hydrogen) atoms. The zero-order valence-electron chi connectivity index (χ0n) is 24.0. The van der Waals surface area contributed by atoms with Crippen molar-refractivity contribution in [2.45, 2.75) is 61.4 Å². The van der Waals surface area contributed by atoms with Gasteiger partial charge in [0.2, 0.25) is 0 Å². The Bertz CT molecular complexity index is 1160. The van der Waals surface area contributed by atoms with Gasteiger partial charge in [-0.25, -0.2) is 0 Å². The molecule has 0 saturated heterocycles. The fraction of sp³-hybridized carbons (Fsp3) is 0.405. The number of hydrogen-bond acceptors (Lipinski definition) is 0. The van der Waals surface area contributed by atoms with E-state index in [1.54, 1.807) is 24.2 Å². The Morgan fingerprint density at radius 3 is 1.65 bits per heavy atom. The molecule has 2 aromatic carbocycles. The number of halogens is 2. The summed E-state index contributed by atoms with van der Waals surface area (Å²) in [5.74, 6) is 3.30. The second kappa shape index (κ2) is 12.8. The van der Waals surface area contributed by atoms with Gasteiger partial charge in [-0.05, 0) is 73.8 Å². The quantitative estimate of drug-likeness (QED) is 0.172. The van der Waals surface area contributed by atoms with Crippen molar-refractivity contribution in [1.82, 2.24) is 0 Å². The van der Waals surface area contributed by atoms with E-state index in [4.69, 9.17) is 23.2 Å². The molecule has 0 spiro atoms. The van der Waals surface area contributed by atoms with Crippen molar-refractivity contribution in [3.05, 3.63) is 122 Å². The topological polar surface area (TPSA) is 0 Å². The number of hydrogen-bond donors (Lipinski definition) is 0. The van der Waals surface area contributed by atoms with Crippen LogP contribution in [0.5, 0.6) is 0 Å². The third kappa shape index (κ3) is 6.08. The van der Waals surface area contributed by atoms with E-state index in [1.165, 1.54) is 25.7 Å². The van der Waals surface area contributed by atoms with E-state index < -0.39 is 12.4 Å².